The Labute approximate surface area is 106 Å². The zero-order chi connectivity index (χ0) is 12.8. The zero-order valence-corrected chi connectivity index (χ0v) is 10.4. The van der Waals surface area contributed by atoms with Crippen molar-refractivity contribution in [3.8, 4) is 11.5 Å². The van der Waals surface area contributed by atoms with Gasteiger partial charge in [0.1, 0.15) is 5.82 Å². The molecule has 1 aromatic heterocycles. The van der Waals surface area contributed by atoms with Gasteiger partial charge in [-0.15, -0.1) is 0 Å². The van der Waals surface area contributed by atoms with Gasteiger partial charge in [0, 0.05) is 18.9 Å². The molecule has 0 bridgehead atoms. The van der Waals surface area contributed by atoms with Crippen LogP contribution in [0, 0.1) is 0 Å². The predicted molar refractivity (Wildman–Crippen MR) is 68.9 cm³/mol. The van der Waals surface area contributed by atoms with E-state index in [1.165, 1.54) is 0 Å². The summed E-state index contributed by atoms with van der Waals surface area (Å²) in [6.07, 6.45) is 4.97. The Morgan fingerprint density at radius 2 is 1.94 bits per heavy atom. The number of methoxy groups -OCH3 is 2. The molecular formula is C13H15N3O2. The molecule has 0 fully saturated rings. The lowest BCUT2D eigenvalue weighted by atomic mass is 10.2. The molecule has 5 heteroatoms. The third kappa shape index (κ3) is 2.88. The van der Waals surface area contributed by atoms with Gasteiger partial charge in [-0.3, -0.25) is 4.98 Å². The third-order valence-corrected chi connectivity index (χ3v) is 2.48. The van der Waals surface area contributed by atoms with Gasteiger partial charge in [-0.25, -0.2) is 4.98 Å². The van der Waals surface area contributed by atoms with Gasteiger partial charge in [0.2, 0.25) is 0 Å². The summed E-state index contributed by atoms with van der Waals surface area (Å²) in [6, 6.07) is 5.79. The normalized spacial score (nSPS) is 9.89. The molecule has 94 valence electrons. The molecule has 0 aliphatic carbocycles. The Morgan fingerprint density at radius 1 is 1.11 bits per heavy atom. The summed E-state index contributed by atoms with van der Waals surface area (Å²) in [5.41, 5.74) is 1.08. The van der Waals surface area contributed by atoms with Gasteiger partial charge >= 0.3 is 0 Å². The molecule has 18 heavy (non-hydrogen) atoms. The molecule has 0 aliphatic rings. The Balaban J connectivity index is 2.06. The molecule has 0 spiro atoms. The molecule has 1 heterocycles. The lowest BCUT2D eigenvalue weighted by molar-refractivity contribution is 0.354. The van der Waals surface area contributed by atoms with Crippen LogP contribution in [0.3, 0.4) is 0 Å². The van der Waals surface area contributed by atoms with Gasteiger partial charge in [0.15, 0.2) is 11.5 Å². The third-order valence-electron chi connectivity index (χ3n) is 2.48. The lowest BCUT2D eigenvalue weighted by Crippen LogP contribution is -2.02. The second-order valence-electron chi connectivity index (χ2n) is 3.63. The Morgan fingerprint density at radius 3 is 2.61 bits per heavy atom. The minimum atomic E-state index is 0.652. The second-order valence-corrected chi connectivity index (χ2v) is 3.63. The maximum Gasteiger partial charge on any atom is 0.161 e. The summed E-state index contributed by atoms with van der Waals surface area (Å²) in [5.74, 6) is 2.18. The van der Waals surface area contributed by atoms with Crippen LogP contribution in [0.4, 0.5) is 5.82 Å². The average molecular weight is 245 g/mol. The largest absolute Gasteiger partial charge is 0.493 e. The summed E-state index contributed by atoms with van der Waals surface area (Å²) >= 11 is 0. The zero-order valence-electron chi connectivity index (χ0n) is 10.4. The molecule has 2 aromatic rings. The quantitative estimate of drug-likeness (QED) is 0.874. The van der Waals surface area contributed by atoms with E-state index in [-0.39, 0.29) is 0 Å². The first-order chi connectivity index (χ1) is 8.83. The van der Waals surface area contributed by atoms with Crippen LogP contribution in [-0.2, 0) is 6.54 Å². The maximum absolute atomic E-state index is 5.25. The highest BCUT2D eigenvalue weighted by molar-refractivity contribution is 5.44. The Hall–Kier alpha value is -2.30. The molecule has 5 nitrogen and oxygen atoms in total. The predicted octanol–water partition coefficient (Wildman–Crippen LogP) is 2.11. The van der Waals surface area contributed by atoms with Gasteiger partial charge in [-0.2, -0.15) is 0 Å². The van der Waals surface area contributed by atoms with E-state index < -0.39 is 0 Å². The molecule has 0 unspecified atom stereocenters. The number of nitrogens with one attached hydrogen (secondary N) is 1. The molecule has 0 atom stereocenters. The molecular weight excluding hydrogens is 230 g/mol. The number of hydrogen-bond acceptors (Lipinski definition) is 5. The molecule has 0 saturated heterocycles. The number of rotatable bonds is 5. The Bertz CT molecular complexity index is 503. The topological polar surface area (TPSA) is 56.3 Å². The van der Waals surface area contributed by atoms with Crippen molar-refractivity contribution in [1.29, 1.82) is 0 Å². The van der Waals surface area contributed by atoms with Gasteiger partial charge in [0.25, 0.3) is 0 Å². The smallest absolute Gasteiger partial charge is 0.161 e. The summed E-state index contributed by atoms with van der Waals surface area (Å²) in [5, 5.41) is 3.18. The fourth-order valence-corrected chi connectivity index (χ4v) is 1.57. The van der Waals surface area contributed by atoms with E-state index in [0.29, 0.717) is 6.54 Å². The Kier molecular flexibility index (Phi) is 3.96. The minimum absolute atomic E-state index is 0.652. The van der Waals surface area contributed by atoms with E-state index in [1.807, 2.05) is 18.2 Å². The number of ether oxygens (including phenoxy) is 2. The van der Waals surface area contributed by atoms with Crippen LogP contribution < -0.4 is 14.8 Å². The first-order valence-electron chi connectivity index (χ1n) is 5.54. The van der Waals surface area contributed by atoms with Crippen LogP contribution in [-0.4, -0.2) is 24.2 Å². The highest BCUT2D eigenvalue weighted by atomic mass is 16.5. The van der Waals surface area contributed by atoms with Crippen LogP contribution in [0.15, 0.2) is 36.8 Å². The van der Waals surface area contributed by atoms with Crippen LogP contribution in [0.1, 0.15) is 5.56 Å². The summed E-state index contributed by atoms with van der Waals surface area (Å²) in [4.78, 5) is 8.13. The van der Waals surface area contributed by atoms with Crippen molar-refractivity contribution in [3.05, 3.63) is 42.4 Å². The van der Waals surface area contributed by atoms with Crippen molar-refractivity contribution in [3.63, 3.8) is 0 Å². The fraction of sp³-hybridized carbons (Fsp3) is 0.231. The van der Waals surface area contributed by atoms with Gasteiger partial charge in [-0.05, 0) is 17.7 Å². The number of benzene rings is 1. The van der Waals surface area contributed by atoms with Crippen LogP contribution in [0.2, 0.25) is 0 Å². The van der Waals surface area contributed by atoms with Crippen LogP contribution in [0.25, 0.3) is 0 Å². The first kappa shape index (κ1) is 12.2. The van der Waals surface area contributed by atoms with E-state index in [9.17, 15) is 0 Å². The summed E-state index contributed by atoms with van der Waals surface area (Å²) in [6.45, 7) is 0.652. The first-order valence-corrected chi connectivity index (χ1v) is 5.54. The van der Waals surface area contributed by atoms with E-state index >= 15 is 0 Å². The average Bonchev–Trinajstić information content (AvgIpc) is 2.45. The van der Waals surface area contributed by atoms with Crippen LogP contribution >= 0.6 is 0 Å². The number of nitrogens with zero attached hydrogens (tertiary/aromatic N) is 2. The van der Waals surface area contributed by atoms with Crippen molar-refractivity contribution < 1.29 is 9.47 Å². The van der Waals surface area contributed by atoms with Crippen molar-refractivity contribution >= 4 is 5.82 Å². The number of aromatic nitrogens is 2. The standard InChI is InChI=1S/C13H15N3O2/c1-17-11-4-3-10(7-12(11)18-2)8-16-13-9-14-5-6-15-13/h3-7,9H,8H2,1-2H3,(H,15,16). The highest BCUT2D eigenvalue weighted by Gasteiger charge is 2.04. The van der Waals surface area contributed by atoms with Gasteiger partial charge in [-0.1, -0.05) is 6.07 Å². The number of hydrogen-bond donors (Lipinski definition) is 1. The summed E-state index contributed by atoms with van der Waals surface area (Å²) in [7, 11) is 3.24. The molecule has 0 aliphatic heterocycles. The molecule has 0 amide bonds. The summed E-state index contributed by atoms with van der Waals surface area (Å²) < 4.78 is 10.4. The minimum Gasteiger partial charge on any atom is -0.493 e. The molecule has 2 rings (SSSR count). The van der Waals surface area contributed by atoms with Crippen molar-refractivity contribution in [2.75, 3.05) is 19.5 Å². The monoisotopic (exact) mass is 245 g/mol. The molecule has 0 radical (unpaired) electrons. The van der Waals surface area contributed by atoms with E-state index in [0.717, 1.165) is 22.9 Å². The van der Waals surface area contributed by atoms with Crippen molar-refractivity contribution in [2.24, 2.45) is 0 Å². The molecule has 1 aromatic carbocycles. The molecule has 1 N–H and O–H groups in total. The van der Waals surface area contributed by atoms with Gasteiger partial charge in [0.05, 0.1) is 20.4 Å². The number of anilines is 1. The van der Waals surface area contributed by atoms with E-state index in [2.05, 4.69) is 15.3 Å². The lowest BCUT2D eigenvalue weighted by Gasteiger charge is -2.10. The molecule has 0 saturated carbocycles. The van der Waals surface area contributed by atoms with E-state index in [1.54, 1.807) is 32.8 Å². The maximum atomic E-state index is 5.25. The van der Waals surface area contributed by atoms with Crippen LogP contribution in [0.5, 0.6) is 11.5 Å². The van der Waals surface area contributed by atoms with E-state index in [4.69, 9.17) is 9.47 Å². The van der Waals surface area contributed by atoms with Gasteiger partial charge < -0.3 is 14.8 Å². The SMILES string of the molecule is COc1ccc(CNc2cnccn2)cc1OC. The fourth-order valence-electron chi connectivity index (χ4n) is 1.57. The van der Waals surface area contributed by atoms with Crippen molar-refractivity contribution in [2.45, 2.75) is 6.54 Å². The highest BCUT2D eigenvalue weighted by Crippen LogP contribution is 2.27. The van der Waals surface area contributed by atoms with Crippen molar-refractivity contribution in [1.82, 2.24) is 9.97 Å². The second kappa shape index (κ2) is 5.86.